The number of rotatable bonds is 3. The Morgan fingerprint density at radius 3 is 2.31 bits per heavy atom. The van der Waals surface area contributed by atoms with Crippen molar-refractivity contribution in [3.05, 3.63) is 24.0 Å². The third-order valence-electron chi connectivity index (χ3n) is 3.31. The van der Waals surface area contributed by atoms with E-state index in [4.69, 9.17) is 5.11 Å². The number of carboxylic acids is 1. The summed E-state index contributed by atoms with van der Waals surface area (Å²) in [4.78, 5) is 25.6. The van der Waals surface area contributed by atoms with Gasteiger partial charge in [-0.3, -0.25) is 9.59 Å². The Balaban J connectivity index is 1.94. The minimum absolute atomic E-state index is 0.00532. The molecule has 1 aromatic rings. The van der Waals surface area contributed by atoms with Crippen LogP contribution in [0.3, 0.4) is 0 Å². The standard InChI is InChI=1S/C12H15NO3/c14-11(10-2-1-7-13-10)8-3-5-9(6-4-8)12(15)16/h1-2,7-9,13H,3-6H2,(H,15,16). The number of nitrogens with one attached hydrogen (secondary N) is 1. The summed E-state index contributed by atoms with van der Waals surface area (Å²) < 4.78 is 0. The van der Waals surface area contributed by atoms with Crippen molar-refractivity contribution in [2.75, 3.05) is 0 Å². The second kappa shape index (κ2) is 4.51. The highest BCUT2D eigenvalue weighted by molar-refractivity contribution is 5.96. The van der Waals surface area contributed by atoms with Crippen molar-refractivity contribution in [1.82, 2.24) is 4.98 Å². The molecular weight excluding hydrogens is 206 g/mol. The van der Waals surface area contributed by atoms with Crippen LogP contribution in [-0.2, 0) is 4.79 Å². The van der Waals surface area contributed by atoms with Crippen LogP contribution in [0.2, 0.25) is 0 Å². The maximum absolute atomic E-state index is 12.0. The van der Waals surface area contributed by atoms with Gasteiger partial charge >= 0.3 is 5.97 Å². The quantitative estimate of drug-likeness (QED) is 0.768. The smallest absolute Gasteiger partial charge is 0.306 e. The van der Waals surface area contributed by atoms with E-state index in [1.807, 2.05) is 0 Å². The van der Waals surface area contributed by atoms with Crippen LogP contribution in [0.4, 0.5) is 0 Å². The minimum Gasteiger partial charge on any atom is -0.481 e. The molecule has 0 saturated heterocycles. The topological polar surface area (TPSA) is 70.2 Å². The first kappa shape index (κ1) is 10.9. The number of H-pyrrole nitrogens is 1. The molecule has 1 saturated carbocycles. The summed E-state index contributed by atoms with van der Waals surface area (Å²) in [6.45, 7) is 0. The molecule has 1 fully saturated rings. The zero-order chi connectivity index (χ0) is 11.5. The molecule has 0 spiro atoms. The molecule has 0 aliphatic heterocycles. The van der Waals surface area contributed by atoms with E-state index in [2.05, 4.69) is 4.98 Å². The highest BCUT2D eigenvalue weighted by Crippen LogP contribution is 2.30. The summed E-state index contributed by atoms with van der Waals surface area (Å²) in [5, 5.41) is 8.86. The number of carboxylic acid groups (broad SMARTS) is 1. The normalized spacial score (nSPS) is 25.2. The molecule has 4 heteroatoms. The maximum Gasteiger partial charge on any atom is 0.306 e. The molecule has 1 aromatic heterocycles. The fraction of sp³-hybridized carbons (Fsp3) is 0.500. The van der Waals surface area contributed by atoms with Crippen molar-refractivity contribution >= 4 is 11.8 Å². The lowest BCUT2D eigenvalue weighted by atomic mass is 9.79. The third kappa shape index (κ3) is 2.15. The SMILES string of the molecule is O=C(O)C1CCC(C(=O)c2ccc[nH]2)CC1. The first-order chi connectivity index (χ1) is 7.68. The van der Waals surface area contributed by atoms with E-state index in [0.717, 1.165) is 0 Å². The Morgan fingerprint density at radius 2 is 1.81 bits per heavy atom. The first-order valence-corrected chi connectivity index (χ1v) is 5.59. The van der Waals surface area contributed by atoms with Crippen LogP contribution >= 0.6 is 0 Å². The number of carbonyl (C=O) groups is 2. The van der Waals surface area contributed by atoms with Gasteiger partial charge in [0.1, 0.15) is 0 Å². The van der Waals surface area contributed by atoms with Gasteiger partial charge in [0.15, 0.2) is 5.78 Å². The van der Waals surface area contributed by atoms with E-state index in [0.29, 0.717) is 31.4 Å². The first-order valence-electron chi connectivity index (χ1n) is 5.59. The molecule has 2 N–H and O–H groups in total. The number of aliphatic carboxylic acids is 1. The largest absolute Gasteiger partial charge is 0.481 e. The summed E-state index contributed by atoms with van der Waals surface area (Å²) >= 11 is 0. The van der Waals surface area contributed by atoms with E-state index < -0.39 is 5.97 Å². The Labute approximate surface area is 93.7 Å². The van der Waals surface area contributed by atoms with Gasteiger partial charge in [-0.2, -0.15) is 0 Å². The van der Waals surface area contributed by atoms with Gasteiger partial charge < -0.3 is 10.1 Å². The molecule has 0 bridgehead atoms. The predicted octanol–water partition coefficient (Wildman–Crippen LogP) is 2.09. The molecule has 0 radical (unpaired) electrons. The molecule has 1 aliphatic carbocycles. The summed E-state index contributed by atoms with van der Waals surface area (Å²) in [6, 6.07) is 3.57. The van der Waals surface area contributed by atoms with Crippen LogP contribution in [0.15, 0.2) is 18.3 Å². The molecule has 0 aromatic carbocycles. The fourth-order valence-electron chi connectivity index (χ4n) is 2.31. The lowest BCUT2D eigenvalue weighted by molar-refractivity contribution is -0.143. The number of aromatic amines is 1. The minimum atomic E-state index is -0.731. The van der Waals surface area contributed by atoms with Crippen LogP contribution < -0.4 is 0 Å². The van der Waals surface area contributed by atoms with Crippen molar-refractivity contribution in [2.24, 2.45) is 11.8 Å². The van der Waals surface area contributed by atoms with Gasteiger partial charge in [0.05, 0.1) is 11.6 Å². The summed E-state index contributed by atoms with van der Waals surface area (Å²) in [7, 11) is 0. The van der Waals surface area contributed by atoms with Crippen molar-refractivity contribution in [2.45, 2.75) is 25.7 Å². The fourth-order valence-corrected chi connectivity index (χ4v) is 2.31. The molecule has 0 atom stereocenters. The Kier molecular flexibility index (Phi) is 3.08. The van der Waals surface area contributed by atoms with E-state index in [9.17, 15) is 9.59 Å². The maximum atomic E-state index is 12.0. The van der Waals surface area contributed by atoms with Crippen LogP contribution in [0.25, 0.3) is 0 Å². The lowest BCUT2D eigenvalue weighted by Gasteiger charge is -2.24. The Morgan fingerprint density at radius 1 is 1.19 bits per heavy atom. The number of aromatic nitrogens is 1. The van der Waals surface area contributed by atoms with Crippen molar-refractivity contribution in [3.63, 3.8) is 0 Å². The molecule has 2 rings (SSSR count). The highest BCUT2D eigenvalue weighted by atomic mass is 16.4. The van der Waals surface area contributed by atoms with Gasteiger partial charge in [0.2, 0.25) is 0 Å². The van der Waals surface area contributed by atoms with Crippen LogP contribution in [0.5, 0.6) is 0 Å². The van der Waals surface area contributed by atoms with Gasteiger partial charge in [0.25, 0.3) is 0 Å². The predicted molar refractivity (Wildman–Crippen MR) is 58.2 cm³/mol. The second-order valence-electron chi connectivity index (χ2n) is 4.33. The molecular formula is C12H15NO3. The zero-order valence-corrected chi connectivity index (χ0v) is 8.98. The van der Waals surface area contributed by atoms with Gasteiger partial charge in [-0.05, 0) is 37.8 Å². The number of Topliss-reactive ketones (excluding diaryl/α,β-unsaturated/α-hetero) is 1. The number of ketones is 1. The molecule has 4 nitrogen and oxygen atoms in total. The van der Waals surface area contributed by atoms with Crippen molar-refractivity contribution < 1.29 is 14.7 Å². The van der Waals surface area contributed by atoms with E-state index in [1.165, 1.54) is 0 Å². The lowest BCUT2D eigenvalue weighted by Crippen LogP contribution is -2.26. The summed E-state index contributed by atoms with van der Waals surface area (Å²) in [6.07, 6.45) is 4.35. The molecule has 86 valence electrons. The Hall–Kier alpha value is -1.58. The van der Waals surface area contributed by atoms with E-state index >= 15 is 0 Å². The third-order valence-corrected chi connectivity index (χ3v) is 3.31. The molecule has 0 unspecified atom stereocenters. The molecule has 0 amide bonds. The summed E-state index contributed by atoms with van der Waals surface area (Å²) in [5.41, 5.74) is 0.638. The molecule has 1 heterocycles. The van der Waals surface area contributed by atoms with Gasteiger partial charge in [0, 0.05) is 12.1 Å². The molecule has 1 aliphatic rings. The number of carbonyl (C=O) groups excluding carboxylic acids is 1. The van der Waals surface area contributed by atoms with E-state index in [-0.39, 0.29) is 17.6 Å². The highest BCUT2D eigenvalue weighted by Gasteiger charge is 2.30. The van der Waals surface area contributed by atoms with Crippen LogP contribution in [-0.4, -0.2) is 21.8 Å². The second-order valence-corrected chi connectivity index (χ2v) is 4.33. The van der Waals surface area contributed by atoms with Gasteiger partial charge in [-0.15, -0.1) is 0 Å². The van der Waals surface area contributed by atoms with Crippen molar-refractivity contribution in [3.8, 4) is 0 Å². The summed E-state index contributed by atoms with van der Waals surface area (Å²) in [5.74, 6) is -0.874. The van der Waals surface area contributed by atoms with Crippen LogP contribution in [0.1, 0.15) is 36.2 Å². The van der Waals surface area contributed by atoms with Crippen LogP contribution in [0, 0.1) is 11.8 Å². The average molecular weight is 221 g/mol. The van der Waals surface area contributed by atoms with Gasteiger partial charge in [-0.25, -0.2) is 0 Å². The number of hydrogen-bond donors (Lipinski definition) is 2. The Bertz CT molecular complexity index is 375. The van der Waals surface area contributed by atoms with Gasteiger partial charge in [-0.1, -0.05) is 0 Å². The monoisotopic (exact) mass is 221 g/mol. The van der Waals surface area contributed by atoms with Crippen molar-refractivity contribution in [1.29, 1.82) is 0 Å². The zero-order valence-electron chi connectivity index (χ0n) is 8.98. The van der Waals surface area contributed by atoms with E-state index in [1.54, 1.807) is 18.3 Å². The molecule has 16 heavy (non-hydrogen) atoms. The average Bonchev–Trinajstić information content (AvgIpc) is 2.81. The number of hydrogen-bond acceptors (Lipinski definition) is 2.